The first-order valence-corrected chi connectivity index (χ1v) is 9.22. The number of halogens is 3. The molecular formula is C18H21F3N4O4. The maximum absolute atomic E-state index is 15.3. The summed E-state index contributed by atoms with van der Waals surface area (Å²) >= 11 is 0. The molecule has 0 spiro atoms. The molecule has 2 heterocycles. The summed E-state index contributed by atoms with van der Waals surface area (Å²) in [4.78, 5) is 14.5. The third kappa shape index (κ3) is 3.23. The van der Waals surface area contributed by atoms with E-state index in [9.17, 15) is 23.8 Å². The second-order valence-corrected chi connectivity index (χ2v) is 7.47. The molecule has 0 bridgehead atoms. The number of ether oxygens (including phenoxy) is 1. The molecule has 8 nitrogen and oxygen atoms in total. The van der Waals surface area contributed by atoms with Gasteiger partial charge in [0.25, 0.3) is 0 Å². The van der Waals surface area contributed by atoms with E-state index < -0.39 is 41.5 Å². The topological polar surface area (TPSA) is 125 Å². The number of carboxylic acids is 1. The van der Waals surface area contributed by atoms with E-state index in [1.54, 1.807) is 0 Å². The molecule has 0 aromatic heterocycles. The molecule has 2 fully saturated rings. The van der Waals surface area contributed by atoms with Gasteiger partial charge in [-0.15, -0.1) is 0 Å². The van der Waals surface area contributed by atoms with Crippen molar-refractivity contribution in [3.8, 4) is 5.75 Å². The molecule has 0 radical (unpaired) electrons. The van der Waals surface area contributed by atoms with E-state index in [1.807, 2.05) is 0 Å². The van der Waals surface area contributed by atoms with Crippen LogP contribution in [0.2, 0.25) is 0 Å². The minimum Gasteiger partial charge on any atom is -0.478 e. The molecule has 2 aliphatic heterocycles. The summed E-state index contributed by atoms with van der Waals surface area (Å²) in [5.74, 6) is -2.93. The number of carboxylic acid groups (broad SMARTS) is 1. The van der Waals surface area contributed by atoms with Gasteiger partial charge in [-0.05, 0) is 19.3 Å². The van der Waals surface area contributed by atoms with E-state index in [4.69, 9.17) is 16.2 Å². The lowest BCUT2D eigenvalue weighted by molar-refractivity contribution is -0.133. The van der Waals surface area contributed by atoms with Crippen molar-refractivity contribution in [3.05, 3.63) is 23.2 Å². The molecule has 11 heteroatoms. The number of rotatable bonds is 5. The number of carbonyl (C=O) groups is 1. The number of nitrogens with zero attached hydrogens (tertiary/aromatic N) is 2. The number of hydrogen-bond donors (Lipinski definition) is 4. The molecule has 6 N–H and O–H groups in total. The first-order chi connectivity index (χ1) is 13.7. The summed E-state index contributed by atoms with van der Waals surface area (Å²) in [7, 11) is 0. The van der Waals surface area contributed by atoms with Gasteiger partial charge in [-0.2, -0.15) is 8.78 Å². The summed E-state index contributed by atoms with van der Waals surface area (Å²) < 4.78 is 46.6. The van der Waals surface area contributed by atoms with E-state index in [-0.39, 0.29) is 35.6 Å². The van der Waals surface area contributed by atoms with Crippen LogP contribution in [0.1, 0.15) is 30.9 Å². The Hall–Kier alpha value is -2.66. The molecule has 4 rings (SSSR count). The predicted octanol–water partition coefficient (Wildman–Crippen LogP) is 1.53. The highest BCUT2D eigenvalue weighted by Crippen LogP contribution is 2.54. The molecule has 158 valence electrons. The monoisotopic (exact) mass is 414 g/mol. The van der Waals surface area contributed by atoms with Gasteiger partial charge in [0.1, 0.15) is 11.8 Å². The average molecular weight is 414 g/mol. The number of hydrogen-bond acceptors (Lipinski definition) is 7. The van der Waals surface area contributed by atoms with Crippen LogP contribution in [0.15, 0.2) is 11.8 Å². The van der Waals surface area contributed by atoms with Gasteiger partial charge in [-0.1, -0.05) is 0 Å². The summed E-state index contributed by atoms with van der Waals surface area (Å²) in [6.07, 6.45) is 1.27. The number of anilines is 3. The van der Waals surface area contributed by atoms with Crippen LogP contribution in [-0.2, 0) is 4.79 Å². The molecule has 1 aliphatic carbocycles. The zero-order chi connectivity index (χ0) is 21.0. The van der Waals surface area contributed by atoms with Crippen LogP contribution in [0.5, 0.6) is 5.75 Å². The van der Waals surface area contributed by atoms with Gasteiger partial charge in [0.15, 0.2) is 11.6 Å². The lowest BCUT2D eigenvalue weighted by Gasteiger charge is -2.36. The van der Waals surface area contributed by atoms with Crippen molar-refractivity contribution in [1.29, 1.82) is 0 Å². The maximum atomic E-state index is 15.3. The fourth-order valence-corrected chi connectivity index (χ4v) is 3.97. The second kappa shape index (κ2) is 6.99. The molecule has 2 atom stereocenters. The Bertz CT molecular complexity index is 891. The maximum Gasteiger partial charge on any atom is 0.387 e. The van der Waals surface area contributed by atoms with Crippen LogP contribution in [0.25, 0.3) is 0 Å². The van der Waals surface area contributed by atoms with Crippen molar-refractivity contribution in [1.82, 2.24) is 0 Å². The summed E-state index contributed by atoms with van der Waals surface area (Å²) in [6, 6.07) is -0.455. The Kier molecular flexibility index (Phi) is 4.74. The Morgan fingerprint density at radius 3 is 2.48 bits per heavy atom. The molecule has 2 unspecified atom stereocenters. The van der Waals surface area contributed by atoms with Crippen molar-refractivity contribution in [2.24, 2.45) is 5.73 Å². The molecule has 1 aromatic rings. The van der Waals surface area contributed by atoms with Crippen molar-refractivity contribution in [3.63, 3.8) is 0 Å². The number of alkyl halides is 2. The van der Waals surface area contributed by atoms with Gasteiger partial charge in [0.2, 0.25) is 0 Å². The lowest BCUT2D eigenvalue weighted by atomic mass is 9.92. The second-order valence-electron chi connectivity index (χ2n) is 7.47. The van der Waals surface area contributed by atoms with E-state index in [0.717, 1.165) is 0 Å². The van der Waals surface area contributed by atoms with E-state index >= 15 is 4.39 Å². The minimum absolute atomic E-state index is 0.0281. The van der Waals surface area contributed by atoms with Crippen molar-refractivity contribution in [2.75, 3.05) is 28.6 Å². The third-order valence-corrected chi connectivity index (χ3v) is 5.46. The Labute approximate surface area is 164 Å². The number of benzene rings is 1. The number of nitrogens with two attached hydrogens (primary N) is 2. The van der Waals surface area contributed by atoms with Crippen molar-refractivity contribution < 1.29 is 32.9 Å². The van der Waals surface area contributed by atoms with Gasteiger partial charge in [-0.3, -0.25) is 0 Å². The number of nitrogen functional groups attached to an aromatic ring is 1. The molecule has 3 aliphatic rings. The highest BCUT2D eigenvalue weighted by molar-refractivity contribution is 5.95. The van der Waals surface area contributed by atoms with Crippen LogP contribution in [0.3, 0.4) is 0 Å². The van der Waals surface area contributed by atoms with Crippen LogP contribution in [0.4, 0.5) is 30.2 Å². The average Bonchev–Trinajstić information content (AvgIpc) is 3.40. The number of aliphatic carboxylic acids is 1. The lowest BCUT2D eigenvalue weighted by Crippen LogP contribution is -2.33. The fraction of sp³-hybridized carbons (Fsp3) is 0.500. The van der Waals surface area contributed by atoms with Gasteiger partial charge in [0.05, 0.1) is 16.9 Å². The van der Waals surface area contributed by atoms with Crippen LogP contribution in [-0.4, -0.2) is 48.0 Å². The summed E-state index contributed by atoms with van der Waals surface area (Å²) in [5.41, 5.74) is 10.4. The van der Waals surface area contributed by atoms with E-state index in [0.29, 0.717) is 25.8 Å². The summed E-state index contributed by atoms with van der Waals surface area (Å²) in [5, 5.41) is 20.0. The Morgan fingerprint density at radius 2 is 1.97 bits per heavy atom. The molecular weight excluding hydrogens is 393 g/mol. The van der Waals surface area contributed by atoms with Gasteiger partial charge in [-0.25, -0.2) is 9.18 Å². The highest BCUT2D eigenvalue weighted by atomic mass is 19.3. The van der Waals surface area contributed by atoms with Gasteiger partial charge in [0, 0.05) is 36.9 Å². The molecule has 1 saturated carbocycles. The Morgan fingerprint density at radius 1 is 1.28 bits per heavy atom. The normalized spacial score (nSPS) is 24.0. The largest absolute Gasteiger partial charge is 0.478 e. The smallest absolute Gasteiger partial charge is 0.387 e. The van der Waals surface area contributed by atoms with Crippen molar-refractivity contribution in [2.45, 2.75) is 44.1 Å². The zero-order valence-corrected chi connectivity index (χ0v) is 15.3. The number of fused-ring (bicyclic) bond motifs is 1. The molecule has 1 aromatic carbocycles. The van der Waals surface area contributed by atoms with Crippen LogP contribution < -0.4 is 26.0 Å². The fourth-order valence-electron chi connectivity index (χ4n) is 3.97. The molecule has 1 saturated heterocycles. The quantitative estimate of drug-likeness (QED) is 0.535. The summed E-state index contributed by atoms with van der Waals surface area (Å²) in [6.45, 7) is -2.73. The zero-order valence-electron chi connectivity index (χ0n) is 15.3. The third-order valence-electron chi connectivity index (χ3n) is 5.46. The predicted molar refractivity (Wildman–Crippen MR) is 98.4 cm³/mol. The van der Waals surface area contributed by atoms with Crippen LogP contribution in [0, 0.1) is 5.82 Å². The molecule has 29 heavy (non-hydrogen) atoms. The van der Waals surface area contributed by atoms with E-state index in [1.165, 1.54) is 16.0 Å². The Balaban J connectivity index is 1.98. The standard InChI is InChI=1S/C18H21F3N4O4/c19-11-12(23)10-13(25(8-1-2-8)6-9(15(10)26)17(27)28)16(29-18(20)21)14(11)24-4-3-7(22)5-24/h6-8,15,18,26H,1-5,22-23H2,(H,27,28). The first kappa shape index (κ1) is 19.6. The van der Waals surface area contributed by atoms with E-state index in [2.05, 4.69) is 0 Å². The number of aliphatic hydroxyl groups excluding tert-OH is 1. The van der Waals surface area contributed by atoms with Crippen LogP contribution >= 0.6 is 0 Å². The SMILES string of the molecule is Nc1c(F)c(N2CCC(N)C2)c(OC(F)F)c2c1C(O)C(C(=O)O)=CN2C1CC1. The highest BCUT2D eigenvalue weighted by Gasteiger charge is 2.43. The van der Waals surface area contributed by atoms with Gasteiger partial charge >= 0.3 is 12.6 Å². The van der Waals surface area contributed by atoms with Crippen molar-refractivity contribution >= 4 is 23.0 Å². The molecule has 0 amide bonds. The van der Waals surface area contributed by atoms with Gasteiger partial charge < -0.3 is 36.2 Å². The minimum atomic E-state index is -3.26. The first-order valence-electron chi connectivity index (χ1n) is 9.22. The number of aliphatic hydroxyl groups is 1.